The summed E-state index contributed by atoms with van der Waals surface area (Å²) < 4.78 is 10.4. The first-order valence-electron chi connectivity index (χ1n) is 7.21. The highest BCUT2D eigenvalue weighted by atomic mass is 16.5. The Morgan fingerprint density at radius 3 is 2.13 bits per heavy atom. The summed E-state index contributed by atoms with van der Waals surface area (Å²) in [6.07, 6.45) is 0. The molecule has 0 unspecified atom stereocenters. The molecule has 0 atom stereocenters. The SMILES string of the molecule is COc1cc(-c2nc(C)c(-c3ccccc3)[nH]2)cc(OC)c1O. The summed E-state index contributed by atoms with van der Waals surface area (Å²) in [5.41, 5.74) is 3.71. The van der Waals surface area contributed by atoms with Crippen molar-refractivity contribution in [2.45, 2.75) is 6.92 Å². The van der Waals surface area contributed by atoms with Crippen LogP contribution in [0, 0.1) is 6.92 Å². The molecule has 0 amide bonds. The molecule has 2 aromatic carbocycles. The number of imidazole rings is 1. The third kappa shape index (κ3) is 2.73. The van der Waals surface area contributed by atoms with Crippen molar-refractivity contribution < 1.29 is 14.6 Å². The molecular formula is C18H18N2O3. The Morgan fingerprint density at radius 2 is 1.57 bits per heavy atom. The van der Waals surface area contributed by atoms with E-state index in [1.165, 1.54) is 14.2 Å². The van der Waals surface area contributed by atoms with Crippen molar-refractivity contribution in [2.24, 2.45) is 0 Å². The van der Waals surface area contributed by atoms with E-state index in [1.807, 2.05) is 37.3 Å². The number of hydrogen-bond donors (Lipinski definition) is 2. The zero-order chi connectivity index (χ0) is 16.4. The average Bonchev–Trinajstić information content (AvgIpc) is 2.97. The number of aromatic nitrogens is 2. The number of ether oxygens (including phenoxy) is 2. The number of rotatable bonds is 4. The molecule has 23 heavy (non-hydrogen) atoms. The van der Waals surface area contributed by atoms with E-state index in [4.69, 9.17) is 9.47 Å². The Labute approximate surface area is 134 Å². The highest BCUT2D eigenvalue weighted by molar-refractivity contribution is 5.70. The summed E-state index contributed by atoms with van der Waals surface area (Å²) in [5, 5.41) is 10.0. The van der Waals surface area contributed by atoms with Crippen molar-refractivity contribution in [1.82, 2.24) is 9.97 Å². The van der Waals surface area contributed by atoms with E-state index in [0.29, 0.717) is 17.3 Å². The Balaban J connectivity index is 2.10. The molecule has 5 heteroatoms. The van der Waals surface area contributed by atoms with Gasteiger partial charge in [-0.2, -0.15) is 0 Å². The van der Waals surface area contributed by atoms with E-state index < -0.39 is 0 Å². The fraction of sp³-hybridized carbons (Fsp3) is 0.167. The molecule has 5 nitrogen and oxygen atoms in total. The number of aromatic hydroxyl groups is 1. The van der Waals surface area contributed by atoms with Crippen LogP contribution in [0.25, 0.3) is 22.6 Å². The molecule has 1 aromatic heterocycles. The molecule has 0 bridgehead atoms. The molecule has 1 heterocycles. The molecule has 0 aliphatic rings. The van der Waals surface area contributed by atoms with Gasteiger partial charge in [0.25, 0.3) is 0 Å². The maximum absolute atomic E-state index is 10.0. The molecule has 3 rings (SSSR count). The molecule has 2 N–H and O–H groups in total. The molecule has 0 radical (unpaired) electrons. The van der Waals surface area contributed by atoms with Gasteiger partial charge in [-0.15, -0.1) is 0 Å². The number of methoxy groups -OCH3 is 2. The molecule has 0 fully saturated rings. The Bertz CT molecular complexity index is 801. The lowest BCUT2D eigenvalue weighted by Gasteiger charge is -2.10. The predicted molar refractivity (Wildman–Crippen MR) is 89.0 cm³/mol. The number of aryl methyl sites for hydroxylation is 1. The number of nitrogens with one attached hydrogen (secondary N) is 1. The minimum atomic E-state index is -0.0229. The number of hydrogen-bond acceptors (Lipinski definition) is 4. The summed E-state index contributed by atoms with van der Waals surface area (Å²) >= 11 is 0. The first-order chi connectivity index (χ1) is 11.1. The van der Waals surface area contributed by atoms with Crippen LogP contribution in [0.3, 0.4) is 0 Å². The van der Waals surface area contributed by atoms with Crippen LogP contribution in [0.4, 0.5) is 0 Å². The average molecular weight is 310 g/mol. The third-order valence-electron chi connectivity index (χ3n) is 3.70. The topological polar surface area (TPSA) is 67.4 Å². The first kappa shape index (κ1) is 15.0. The molecule has 118 valence electrons. The zero-order valence-corrected chi connectivity index (χ0v) is 13.3. The smallest absolute Gasteiger partial charge is 0.200 e. The van der Waals surface area contributed by atoms with Crippen LogP contribution in [-0.4, -0.2) is 29.3 Å². The zero-order valence-electron chi connectivity index (χ0n) is 13.3. The lowest BCUT2D eigenvalue weighted by Crippen LogP contribution is -1.91. The highest BCUT2D eigenvalue weighted by Crippen LogP contribution is 2.40. The highest BCUT2D eigenvalue weighted by Gasteiger charge is 2.16. The predicted octanol–water partition coefficient (Wildman–Crippen LogP) is 3.77. The second kappa shape index (κ2) is 6.04. The maximum atomic E-state index is 10.0. The van der Waals surface area contributed by atoms with Crippen molar-refractivity contribution >= 4 is 0 Å². The van der Waals surface area contributed by atoms with Gasteiger partial charge in [-0.3, -0.25) is 0 Å². The summed E-state index contributed by atoms with van der Waals surface area (Å²) in [6, 6.07) is 13.5. The third-order valence-corrected chi connectivity index (χ3v) is 3.70. The van der Waals surface area contributed by atoms with Gasteiger partial charge in [0.2, 0.25) is 5.75 Å². The normalized spacial score (nSPS) is 10.6. The summed E-state index contributed by atoms with van der Waals surface area (Å²) in [7, 11) is 3.00. The van der Waals surface area contributed by atoms with E-state index in [-0.39, 0.29) is 5.75 Å². The molecule has 0 aliphatic heterocycles. The van der Waals surface area contributed by atoms with Gasteiger partial charge in [0.1, 0.15) is 5.82 Å². The van der Waals surface area contributed by atoms with E-state index in [1.54, 1.807) is 12.1 Å². The number of benzene rings is 2. The van der Waals surface area contributed by atoms with Crippen molar-refractivity contribution in [3.05, 3.63) is 48.2 Å². The van der Waals surface area contributed by atoms with Gasteiger partial charge in [-0.25, -0.2) is 4.98 Å². The largest absolute Gasteiger partial charge is 0.502 e. The number of phenols is 1. The standard InChI is InChI=1S/C18H18N2O3/c1-11-16(12-7-5-4-6-8-12)20-18(19-11)13-9-14(22-2)17(21)15(10-13)23-3/h4-10,21H,1-3H3,(H,19,20). The van der Waals surface area contributed by atoms with Gasteiger partial charge < -0.3 is 19.6 Å². The quantitative estimate of drug-likeness (QED) is 0.769. The van der Waals surface area contributed by atoms with E-state index in [2.05, 4.69) is 9.97 Å². The van der Waals surface area contributed by atoms with E-state index in [0.717, 1.165) is 22.5 Å². The van der Waals surface area contributed by atoms with E-state index in [9.17, 15) is 5.11 Å². The van der Waals surface area contributed by atoms with Crippen molar-refractivity contribution in [3.8, 4) is 39.9 Å². The number of nitrogens with zero attached hydrogens (tertiary/aromatic N) is 1. The lowest BCUT2D eigenvalue weighted by molar-refractivity contribution is 0.340. The van der Waals surface area contributed by atoms with Crippen LogP contribution in [-0.2, 0) is 0 Å². The van der Waals surface area contributed by atoms with Gasteiger partial charge in [0.05, 0.1) is 25.6 Å². The first-order valence-corrected chi connectivity index (χ1v) is 7.21. The van der Waals surface area contributed by atoms with Crippen molar-refractivity contribution in [2.75, 3.05) is 14.2 Å². The second-order valence-corrected chi connectivity index (χ2v) is 5.14. The van der Waals surface area contributed by atoms with Crippen LogP contribution in [0.1, 0.15) is 5.69 Å². The van der Waals surface area contributed by atoms with Crippen LogP contribution in [0.5, 0.6) is 17.2 Å². The minimum absolute atomic E-state index is 0.0229. The van der Waals surface area contributed by atoms with E-state index >= 15 is 0 Å². The van der Waals surface area contributed by atoms with Gasteiger partial charge in [0, 0.05) is 5.56 Å². The molecule has 3 aromatic rings. The van der Waals surface area contributed by atoms with Gasteiger partial charge in [0.15, 0.2) is 11.5 Å². The van der Waals surface area contributed by atoms with Gasteiger partial charge in [-0.1, -0.05) is 30.3 Å². The van der Waals surface area contributed by atoms with Crippen LogP contribution >= 0.6 is 0 Å². The van der Waals surface area contributed by atoms with Crippen LogP contribution in [0.15, 0.2) is 42.5 Å². The fourth-order valence-electron chi connectivity index (χ4n) is 2.51. The molecule has 0 spiro atoms. The Hall–Kier alpha value is -2.95. The molecular weight excluding hydrogens is 292 g/mol. The Morgan fingerprint density at radius 1 is 0.957 bits per heavy atom. The van der Waals surface area contributed by atoms with Crippen LogP contribution < -0.4 is 9.47 Å². The monoisotopic (exact) mass is 310 g/mol. The fourth-order valence-corrected chi connectivity index (χ4v) is 2.51. The Kier molecular flexibility index (Phi) is 3.93. The van der Waals surface area contributed by atoms with Gasteiger partial charge >= 0.3 is 0 Å². The summed E-state index contributed by atoms with van der Waals surface area (Å²) in [4.78, 5) is 7.92. The second-order valence-electron chi connectivity index (χ2n) is 5.14. The number of aromatic amines is 1. The molecule has 0 aliphatic carbocycles. The van der Waals surface area contributed by atoms with Gasteiger partial charge in [-0.05, 0) is 24.6 Å². The number of phenolic OH excluding ortho intramolecular Hbond substituents is 1. The van der Waals surface area contributed by atoms with Crippen molar-refractivity contribution in [1.29, 1.82) is 0 Å². The van der Waals surface area contributed by atoms with Crippen molar-refractivity contribution in [3.63, 3.8) is 0 Å². The summed E-state index contributed by atoms with van der Waals surface area (Å²) in [5.74, 6) is 1.35. The summed E-state index contributed by atoms with van der Waals surface area (Å²) in [6.45, 7) is 1.96. The molecule has 0 saturated heterocycles. The number of H-pyrrole nitrogens is 1. The minimum Gasteiger partial charge on any atom is -0.502 e. The van der Waals surface area contributed by atoms with Crippen LogP contribution in [0.2, 0.25) is 0 Å². The lowest BCUT2D eigenvalue weighted by atomic mass is 10.1. The molecule has 0 saturated carbocycles. The maximum Gasteiger partial charge on any atom is 0.200 e.